The van der Waals surface area contributed by atoms with E-state index in [9.17, 15) is 0 Å². The summed E-state index contributed by atoms with van der Waals surface area (Å²) >= 11 is 0. The van der Waals surface area contributed by atoms with Gasteiger partial charge in [0.05, 0.1) is 27.2 Å². The van der Waals surface area contributed by atoms with Gasteiger partial charge in [-0.15, -0.1) is 0 Å². The highest BCUT2D eigenvalue weighted by atomic mass is 127. The minimum atomic E-state index is 0. The van der Waals surface area contributed by atoms with E-state index in [-0.39, 0.29) is 24.0 Å². The molecule has 0 N–H and O–H groups in total. The van der Waals surface area contributed by atoms with Crippen molar-refractivity contribution in [2.24, 2.45) is 5.92 Å². The number of quaternary nitrogens is 1. The molecule has 0 aliphatic carbocycles. The molecule has 1 aliphatic rings. The molecule has 0 bridgehead atoms. The third-order valence-corrected chi connectivity index (χ3v) is 2.03. The first kappa shape index (κ1) is 9.69. The molecule has 0 amide bonds. The molecule has 0 spiro atoms. The van der Waals surface area contributed by atoms with Crippen molar-refractivity contribution in [3.8, 4) is 0 Å². The molecular formula is C7H16IN. The monoisotopic (exact) mass is 241 g/mol. The van der Waals surface area contributed by atoms with Gasteiger partial charge in [0.1, 0.15) is 0 Å². The molecule has 1 fully saturated rings. The Morgan fingerprint density at radius 2 is 1.89 bits per heavy atom. The third kappa shape index (κ3) is 2.85. The van der Waals surface area contributed by atoms with Crippen LogP contribution in [0.4, 0.5) is 0 Å². The van der Waals surface area contributed by atoms with Crippen LogP contribution in [0.2, 0.25) is 0 Å². The zero-order valence-electron chi connectivity index (χ0n) is 6.52. The van der Waals surface area contributed by atoms with Crippen LogP contribution in [0.1, 0.15) is 13.3 Å². The number of likely N-dealkylation sites (tertiary alicyclic amines) is 1. The van der Waals surface area contributed by atoms with Crippen LogP contribution in [0.25, 0.3) is 0 Å². The molecule has 0 aromatic carbocycles. The van der Waals surface area contributed by atoms with E-state index in [1.807, 2.05) is 0 Å². The van der Waals surface area contributed by atoms with Gasteiger partial charge < -0.3 is 28.5 Å². The van der Waals surface area contributed by atoms with E-state index in [1.165, 1.54) is 24.0 Å². The summed E-state index contributed by atoms with van der Waals surface area (Å²) in [6, 6.07) is 0. The zero-order valence-corrected chi connectivity index (χ0v) is 8.68. The van der Waals surface area contributed by atoms with Crippen molar-refractivity contribution in [3.05, 3.63) is 0 Å². The first-order chi connectivity index (χ1) is 3.60. The van der Waals surface area contributed by atoms with Crippen molar-refractivity contribution in [3.63, 3.8) is 0 Å². The molecule has 1 nitrogen and oxygen atoms in total. The second-order valence-electron chi connectivity index (χ2n) is 3.74. The Morgan fingerprint density at radius 1 is 1.33 bits per heavy atom. The van der Waals surface area contributed by atoms with E-state index >= 15 is 0 Å². The Morgan fingerprint density at radius 3 is 2.00 bits per heavy atom. The third-order valence-electron chi connectivity index (χ3n) is 2.03. The van der Waals surface area contributed by atoms with Gasteiger partial charge in [-0.2, -0.15) is 0 Å². The predicted molar refractivity (Wildman–Crippen MR) is 35.6 cm³/mol. The van der Waals surface area contributed by atoms with E-state index in [4.69, 9.17) is 0 Å². The predicted octanol–water partition coefficient (Wildman–Crippen LogP) is -1.89. The van der Waals surface area contributed by atoms with Gasteiger partial charge in [-0.3, -0.25) is 0 Å². The lowest BCUT2D eigenvalue weighted by Crippen LogP contribution is -3.00. The maximum atomic E-state index is 2.34. The maximum Gasteiger partial charge on any atom is 0.0810 e. The summed E-state index contributed by atoms with van der Waals surface area (Å²) in [4.78, 5) is 0. The molecule has 56 valence electrons. The van der Waals surface area contributed by atoms with Gasteiger partial charge in [0.2, 0.25) is 0 Å². The fraction of sp³-hybridized carbons (Fsp3) is 1.00. The molecule has 1 rings (SSSR count). The molecule has 0 radical (unpaired) electrons. The quantitative estimate of drug-likeness (QED) is 0.343. The standard InChI is InChI=1S/C7H16N.HI/c1-7-4-5-8(2,3)6-7;/h7H,4-6H2,1-3H3;1H/q+1;/p-1. The smallest absolute Gasteiger partial charge is 0.0810 e. The molecule has 1 unspecified atom stereocenters. The van der Waals surface area contributed by atoms with Crippen molar-refractivity contribution in [1.29, 1.82) is 0 Å². The van der Waals surface area contributed by atoms with Gasteiger partial charge in [-0.1, -0.05) is 6.92 Å². The first-order valence-corrected chi connectivity index (χ1v) is 3.42. The minimum Gasteiger partial charge on any atom is -1.00 e. The molecule has 2 heteroatoms. The van der Waals surface area contributed by atoms with Gasteiger partial charge in [-0.05, 0) is 0 Å². The van der Waals surface area contributed by atoms with E-state index < -0.39 is 0 Å². The number of hydrogen-bond donors (Lipinski definition) is 0. The lowest BCUT2D eigenvalue weighted by Gasteiger charge is -2.22. The van der Waals surface area contributed by atoms with Crippen molar-refractivity contribution >= 4 is 0 Å². The highest BCUT2D eigenvalue weighted by Crippen LogP contribution is 2.18. The summed E-state index contributed by atoms with van der Waals surface area (Å²) in [6.45, 7) is 5.09. The SMILES string of the molecule is CC1CC[N+](C)(C)C1.[I-]. The van der Waals surface area contributed by atoms with Gasteiger partial charge in [-0.25, -0.2) is 0 Å². The second-order valence-corrected chi connectivity index (χ2v) is 3.74. The molecular weight excluding hydrogens is 225 g/mol. The number of halogens is 1. The van der Waals surface area contributed by atoms with E-state index in [0.29, 0.717) is 0 Å². The van der Waals surface area contributed by atoms with Crippen molar-refractivity contribution < 1.29 is 28.5 Å². The molecule has 9 heavy (non-hydrogen) atoms. The molecule has 1 aliphatic heterocycles. The Kier molecular flexibility index (Phi) is 3.44. The van der Waals surface area contributed by atoms with Crippen molar-refractivity contribution in [2.75, 3.05) is 27.2 Å². The minimum absolute atomic E-state index is 0. The highest BCUT2D eigenvalue weighted by Gasteiger charge is 2.26. The van der Waals surface area contributed by atoms with Gasteiger partial charge in [0, 0.05) is 12.3 Å². The average Bonchev–Trinajstić information content (AvgIpc) is 1.82. The average molecular weight is 241 g/mol. The summed E-state index contributed by atoms with van der Waals surface area (Å²) < 4.78 is 1.24. The van der Waals surface area contributed by atoms with Crippen LogP contribution in [0.5, 0.6) is 0 Å². The van der Waals surface area contributed by atoms with Gasteiger partial charge in [0.15, 0.2) is 0 Å². The first-order valence-electron chi connectivity index (χ1n) is 3.42. The zero-order chi connectivity index (χ0) is 6.20. The van der Waals surface area contributed by atoms with Gasteiger partial charge in [0.25, 0.3) is 0 Å². The van der Waals surface area contributed by atoms with Crippen LogP contribution in [-0.2, 0) is 0 Å². The van der Waals surface area contributed by atoms with Crippen LogP contribution in [-0.4, -0.2) is 31.7 Å². The molecule has 0 aromatic rings. The lowest BCUT2D eigenvalue weighted by atomic mass is 10.2. The molecule has 1 heterocycles. The fourth-order valence-electron chi connectivity index (χ4n) is 1.60. The molecule has 0 saturated carbocycles. The van der Waals surface area contributed by atoms with Crippen LogP contribution < -0.4 is 24.0 Å². The Balaban J connectivity index is 0.000000640. The summed E-state index contributed by atoms with van der Waals surface area (Å²) in [5.74, 6) is 0.963. The summed E-state index contributed by atoms with van der Waals surface area (Å²) in [5, 5.41) is 0. The Hall–Kier alpha value is 0.690. The van der Waals surface area contributed by atoms with Gasteiger partial charge >= 0.3 is 0 Å². The molecule has 1 atom stereocenters. The highest BCUT2D eigenvalue weighted by molar-refractivity contribution is 4.57. The van der Waals surface area contributed by atoms with E-state index in [0.717, 1.165) is 5.92 Å². The molecule has 1 saturated heterocycles. The van der Waals surface area contributed by atoms with E-state index in [1.54, 1.807) is 0 Å². The van der Waals surface area contributed by atoms with Crippen molar-refractivity contribution in [1.82, 2.24) is 0 Å². The largest absolute Gasteiger partial charge is 1.00 e. The summed E-state index contributed by atoms with van der Waals surface area (Å²) in [5.41, 5.74) is 0. The Bertz CT molecular complexity index is 90.9. The topological polar surface area (TPSA) is 0 Å². The van der Waals surface area contributed by atoms with Crippen molar-refractivity contribution in [2.45, 2.75) is 13.3 Å². The lowest BCUT2D eigenvalue weighted by molar-refractivity contribution is -0.879. The summed E-state index contributed by atoms with van der Waals surface area (Å²) in [7, 11) is 4.62. The van der Waals surface area contributed by atoms with Crippen LogP contribution in [0, 0.1) is 5.92 Å². The Labute approximate surface area is 75.0 Å². The second kappa shape index (κ2) is 3.19. The van der Waals surface area contributed by atoms with E-state index in [2.05, 4.69) is 21.0 Å². The molecule has 0 aromatic heterocycles. The van der Waals surface area contributed by atoms with Crippen LogP contribution in [0.3, 0.4) is 0 Å². The number of hydrogen-bond acceptors (Lipinski definition) is 0. The fourth-order valence-corrected chi connectivity index (χ4v) is 1.60. The normalized spacial score (nSPS) is 31.7. The number of nitrogens with zero attached hydrogens (tertiary/aromatic N) is 1. The summed E-state index contributed by atoms with van der Waals surface area (Å²) in [6.07, 6.45) is 1.42. The van der Waals surface area contributed by atoms with Crippen LogP contribution in [0.15, 0.2) is 0 Å². The number of rotatable bonds is 0. The maximum absolute atomic E-state index is 2.34. The van der Waals surface area contributed by atoms with Crippen LogP contribution >= 0.6 is 0 Å².